The van der Waals surface area contributed by atoms with Gasteiger partial charge in [-0.25, -0.2) is 0 Å². The summed E-state index contributed by atoms with van der Waals surface area (Å²) in [5, 5.41) is 16.6. The fourth-order valence-corrected chi connectivity index (χ4v) is 2.15. The first kappa shape index (κ1) is 10.2. The first-order valence-corrected chi connectivity index (χ1v) is 5.41. The third-order valence-corrected chi connectivity index (χ3v) is 3.00. The summed E-state index contributed by atoms with van der Waals surface area (Å²) in [5.41, 5.74) is 1.04. The third kappa shape index (κ3) is 2.37. The van der Waals surface area contributed by atoms with E-state index in [2.05, 4.69) is 16.5 Å². The zero-order chi connectivity index (χ0) is 10.7. The van der Waals surface area contributed by atoms with Gasteiger partial charge >= 0.3 is 0 Å². The van der Waals surface area contributed by atoms with Crippen molar-refractivity contribution in [1.82, 2.24) is 15.1 Å². The molecule has 0 aliphatic heterocycles. The summed E-state index contributed by atoms with van der Waals surface area (Å²) in [5.74, 6) is 0.189. The van der Waals surface area contributed by atoms with E-state index in [0.717, 1.165) is 31.5 Å². The van der Waals surface area contributed by atoms with Gasteiger partial charge in [-0.15, -0.1) is 0 Å². The van der Waals surface area contributed by atoms with Gasteiger partial charge < -0.3 is 5.32 Å². The monoisotopic (exact) mass is 204 g/mol. The highest BCUT2D eigenvalue weighted by molar-refractivity contribution is 5.01. The molecule has 1 aliphatic carbocycles. The Kier molecular flexibility index (Phi) is 3.02. The first-order chi connectivity index (χ1) is 7.29. The van der Waals surface area contributed by atoms with Gasteiger partial charge in [0, 0.05) is 25.8 Å². The Bertz CT molecular complexity index is 363. The predicted octanol–water partition coefficient (Wildman–Crippen LogP) is 1.20. The molecular weight excluding hydrogens is 188 g/mol. The van der Waals surface area contributed by atoms with Crippen molar-refractivity contribution in [3.05, 3.63) is 18.0 Å². The summed E-state index contributed by atoms with van der Waals surface area (Å²) < 4.78 is 1.80. The van der Waals surface area contributed by atoms with E-state index in [4.69, 9.17) is 5.26 Å². The van der Waals surface area contributed by atoms with E-state index < -0.39 is 0 Å². The molecule has 4 heteroatoms. The van der Waals surface area contributed by atoms with Crippen molar-refractivity contribution in [3.8, 4) is 6.07 Å². The molecule has 1 aliphatic rings. The quantitative estimate of drug-likeness (QED) is 0.805. The Morgan fingerprint density at radius 2 is 2.53 bits per heavy atom. The van der Waals surface area contributed by atoms with Gasteiger partial charge in [-0.2, -0.15) is 10.4 Å². The van der Waals surface area contributed by atoms with Gasteiger partial charge in [-0.05, 0) is 18.9 Å². The van der Waals surface area contributed by atoms with E-state index in [1.807, 2.05) is 19.3 Å². The van der Waals surface area contributed by atoms with Gasteiger partial charge in [0.2, 0.25) is 0 Å². The Morgan fingerprint density at radius 1 is 1.67 bits per heavy atom. The SMILES string of the molecule is Cn1ccc(CNC2CCCC2C#N)n1. The fourth-order valence-electron chi connectivity index (χ4n) is 2.15. The van der Waals surface area contributed by atoms with Crippen molar-refractivity contribution >= 4 is 0 Å². The molecule has 1 N–H and O–H groups in total. The molecule has 2 unspecified atom stereocenters. The lowest BCUT2D eigenvalue weighted by Gasteiger charge is -2.14. The molecule has 15 heavy (non-hydrogen) atoms. The third-order valence-electron chi connectivity index (χ3n) is 3.00. The van der Waals surface area contributed by atoms with Crippen molar-refractivity contribution in [2.45, 2.75) is 31.8 Å². The molecule has 1 heterocycles. The second-order valence-corrected chi connectivity index (χ2v) is 4.13. The number of aromatic nitrogens is 2. The summed E-state index contributed by atoms with van der Waals surface area (Å²) >= 11 is 0. The minimum absolute atomic E-state index is 0.189. The molecule has 1 aromatic rings. The van der Waals surface area contributed by atoms with E-state index in [0.29, 0.717) is 6.04 Å². The smallest absolute Gasteiger partial charge is 0.0762 e. The second kappa shape index (κ2) is 4.45. The summed E-state index contributed by atoms with van der Waals surface area (Å²) in [4.78, 5) is 0. The van der Waals surface area contributed by atoms with E-state index in [9.17, 15) is 0 Å². The van der Waals surface area contributed by atoms with Crippen LogP contribution in [0, 0.1) is 17.2 Å². The standard InChI is InChI=1S/C11H16N4/c1-15-6-5-10(14-15)8-13-11-4-2-3-9(11)7-12/h5-6,9,11,13H,2-4,8H2,1H3. The zero-order valence-corrected chi connectivity index (χ0v) is 8.98. The summed E-state index contributed by atoms with van der Waals surface area (Å²) in [6, 6.07) is 4.73. The van der Waals surface area contributed by atoms with Crippen LogP contribution in [-0.2, 0) is 13.6 Å². The van der Waals surface area contributed by atoms with Crippen LogP contribution in [0.5, 0.6) is 0 Å². The van der Waals surface area contributed by atoms with Crippen LogP contribution in [-0.4, -0.2) is 15.8 Å². The molecule has 0 amide bonds. The molecule has 2 atom stereocenters. The molecule has 1 fully saturated rings. The van der Waals surface area contributed by atoms with Gasteiger partial charge in [0.25, 0.3) is 0 Å². The molecule has 0 radical (unpaired) electrons. The van der Waals surface area contributed by atoms with Crippen LogP contribution in [0.4, 0.5) is 0 Å². The van der Waals surface area contributed by atoms with E-state index in [1.165, 1.54) is 0 Å². The summed E-state index contributed by atoms with van der Waals surface area (Å²) in [6.07, 6.45) is 5.26. The van der Waals surface area contributed by atoms with Gasteiger partial charge in [-0.3, -0.25) is 4.68 Å². The van der Waals surface area contributed by atoms with E-state index in [1.54, 1.807) is 4.68 Å². The minimum atomic E-state index is 0.189. The number of hydrogen-bond donors (Lipinski definition) is 1. The maximum atomic E-state index is 8.93. The molecule has 4 nitrogen and oxygen atoms in total. The maximum Gasteiger partial charge on any atom is 0.0762 e. The lowest BCUT2D eigenvalue weighted by Crippen LogP contribution is -2.31. The maximum absolute atomic E-state index is 8.93. The minimum Gasteiger partial charge on any atom is -0.307 e. The average molecular weight is 204 g/mol. The van der Waals surface area contributed by atoms with Gasteiger partial charge in [-0.1, -0.05) is 6.42 Å². The highest BCUT2D eigenvalue weighted by atomic mass is 15.3. The summed E-state index contributed by atoms with van der Waals surface area (Å²) in [7, 11) is 1.91. The predicted molar refractivity (Wildman–Crippen MR) is 56.8 cm³/mol. The number of nitriles is 1. The van der Waals surface area contributed by atoms with Crippen molar-refractivity contribution in [3.63, 3.8) is 0 Å². The lowest BCUT2D eigenvalue weighted by molar-refractivity contribution is 0.460. The van der Waals surface area contributed by atoms with Crippen LogP contribution in [0.3, 0.4) is 0 Å². The Morgan fingerprint density at radius 3 is 3.20 bits per heavy atom. The molecular formula is C11H16N4. The van der Waals surface area contributed by atoms with Gasteiger partial charge in [0.05, 0.1) is 17.7 Å². The van der Waals surface area contributed by atoms with Crippen LogP contribution in [0.15, 0.2) is 12.3 Å². The number of nitrogens with one attached hydrogen (secondary N) is 1. The van der Waals surface area contributed by atoms with Crippen molar-refractivity contribution in [2.24, 2.45) is 13.0 Å². The first-order valence-electron chi connectivity index (χ1n) is 5.41. The normalized spacial score (nSPS) is 25.3. The molecule has 0 saturated heterocycles. The fraction of sp³-hybridized carbons (Fsp3) is 0.636. The van der Waals surface area contributed by atoms with Crippen LogP contribution in [0.1, 0.15) is 25.0 Å². The number of hydrogen-bond acceptors (Lipinski definition) is 3. The van der Waals surface area contributed by atoms with Crippen LogP contribution < -0.4 is 5.32 Å². The zero-order valence-electron chi connectivity index (χ0n) is 8.98. The number of nitrogens with zero attached hydrogens (tertiary/aromatic N) is 3. The van der Waals surface area contributed by atoms with Crippen LogP contribution in [0.25, 0.3) is 0 Å². The van der Waals surface area contributed by atoms with Crippen LogP contribution in [0.2, 0.25) is 0 Å². The Balaban J connectivity index is 1.85. The topological polar surface area (TPSA) is 53.6 Å². The Hall–Kier alpha value is -1.34. The highest BCUT2D eigenvalue weighted by Gasteiger charge is 2.26. The largest absolute Gasteiger partial charge is 0.307 e. The summed E-state index contributed by atoms with van der Waals surface area (Å²) in [6.45, 7) is 0.768. The van der Waals surface area contributed by atoms with Crippen molar-refractivity contribution in [2.75, 3.05) is 0 Å². The lowest BCUT2D eigenvalue weighted by atomic mass is 10.1. The molecule has 80 valence electrons. The number of rotatable bonds is 3. The average Bonchev–Trinajstić information content (AvgIpc) is 2.83. The van der Waals surface area contributed by atoms with Gasteiger partial charge in [0.1, 0.15) is 0 Å². The molecule has 1 saturated carbocycles. The molecule has 0 bridgehead atoms. The molecule has 0 aromatic carbocycles. The highest BCUT2D eigenvalue weighted by Crippen LogP contribution is 2.24. The molecule has 2 rings (SSSR count). The molecule has 1 aromatic heterocycles. The van der Waals surface area contributed by atoms with Crippen molar-refractivity contribution in [1.29, 1.82) is 5.26 Å². The van der Waals surface area contributed by atoms with Crippen molar-refractivity contribution < 1.29 is 0 Å². The van der Waals surface area contributed by atoms with Gasteiger partial charge in [0.15, 0.2) is 0 Å². The van der Waals surface area contributed by atoms with E-state index in [-0.39, 0.29) is 5.92 Å². The second-order valence-electron chi connectivity index (χ2n) is 4.13. The van der Waals surface area contributed by atoms with Crippen LogP contribution >= 0.6 is 0 Å². The Labute approximate surface area is 89.9 Å². The van der Waals surface area contributed by atoms with E-state index >= 15 is 0 Å². The number of aryl methyl sites for hydroxylation is 1. The molecule has 0 spiro atoms.